The lowest BCUT2D eigenvalue weighted by Gasteiger charge is -2.13. The quantitative estimate of drug-likeness (QED) is 0.201. The summed E-state index contributed by atoms with van der Waals surface area (Å²) in [6.45, 7) is 6.48. The van der Waals surface area contributed by atoms with Crippen LogP contribution in [0.3, 0.4) is 0 Å². The number of carbonyl (C=O) groups is 2. The van der Waals surface area contributed by atoms with E-state index in [0.29, 0.717) is 0 Å². The molecule has 0 unspecified atom stereocenters. The molecule has 0 amide bonds. The maximum absolute atomic E-state index is 11.6. The van der Waals surface area contributed by atoms with Crippen molar-refractivity contribution in [2.24, 2.45) is 0 Å². The lowest BCUT2D eigenvalue weighted by atomic mass is 10.1. The van der Waals surface area contributed by atoms with Crippen molar-refractivity contribution in [2.45, 2.75) is 104 Å². The van der Waals surface area contributed by atoms with Crippen molar-refractivity contribution < 1.29 is 19.1 Å². The van der Waals surface area contributed by atoms with Gasteiger partial charge in [-0.1, -0.05) is 71.4 Å². The van der Waals surface area contributed by atoms with Crippen molar-refractivity contribution in [3.05, 3.63) is 12.2 Å². The number of carbonyl (C=O) groups excluding carboxylic acids is 2. The summed E-state index contributed by atoms with van der Waals surface area (Å²) in [6, 6.07) is 0. The van der Waals surface area contributed by atoms with Crippen LogP contribution in [0.5, 0.6) is 0 Å². The number of hydrogen-bond acceptors (Lipinski definition) is 4. The van der Waals surface area contributed by atoms with Crippen LogP contribution in [0.1, 0.15) is 97.8 Å². The van der Waals surface area contributed by atoms with Gasteiger partial charge in [0.25, 0.3) is 0 Å². The summed E-state index contributed by atoms with van der Waals surface area (Å²) in [5, 5.41) is 0. The molecule has 146 valence electrons. The summed E-state index contributed by atoms with van der Waals surface area (Å²) in [6.07, 6.45) is 15.8. The van der Waals surface area contributed by atoms with Crippen LogP contribution in [-0.4, -0.2) is 24.6 Å². The van der Waals surface area contributed by atoms with Gasteiger partial charge in [0.05, 0.1) is 12.8 Å². The van der Waals surface area contributed by atoms with Crippen LogP contribution in [0.15, 0.2) is 12.2 Å². The average Bonchev–Trinajstić information content (AvgIpc) is 2.62. The van der Waals surface area contributed by atoms with Gasteiger partial charge >= 0.3 is 11.9 Å². The van der Waals surface area contributed by atoms with E-state index in [1.165, 1.54) is 44.9 Å². The van der Waals surface area contributed by atoms with E-state index in [9.17, 15) is 9.59 Å². The van der Waals surface area contributed by atoms with Crippen molar-refractivity contribution in [3.63, 3.8) is 0 Å². The first-order valence-electron chi connectivity index (χ1n) is 10.1. The fraction of sp³-hybridized carbons (Fsp3) is 0.810. The zero-order chi connectivity index (χ0) is 18.8. The predicted molar refractivity (Wildman–Crippen MR) is 102 cm³/mol. The van der Waals surface area contributed by atoms with Crippen LogP contribution in [-0.2, 0) is 19.1 Å². The molecule has 0 aromatic rings. The molecular formula is C21H38O4. The number of rotatable bonds is 16. The van der Waals surface area contributed by atoms with E-state index in [4.69, 9.17) is 9.47 Å². The fourth-order valence-electron chi connectivity index (χ4n) is 2.52. The summed E-state index contributed by atoms with van der Waals surface area (Å²) >= 11 is 0. The van der Waals surface area contributed by atoms with E-state index in [1.807, 2.05) is 19.9 Å². The van der Waals surface area contributed by atoms with Gasteiger partial charge in [-0.05, 0) is 25.7 Å². The second kappa shape index (κ2) is 17.5. The zero-order valence-corrected chi connectivity index (χ0v) is 16.6. The molecule has 0 saturated heterocycles. The number of allylic oxidation sites excluding steroid dienone is 1. The zero-order valence-electron chi connectivity index (χ0n) is 16.6. The van der Waals surface area contributed by atoms with Gasteiger partial charge in [-0.3, -0.25) is 9.59 Å². The van der Waals surface area contributed by atoms with Crippen LogP contribution in [0.2, 0.25) is 0 Å². The second-order valence-corrected chi connectivity index (χ2v) is 6.49. The van der Waals surface area contributed by atoms with Crippen LogP contribution in [0, 0.1) is 0 Å². The molecule has 4 nitrogen and oxygen atoms in total. The number of esters is 2. The first-order chi connectivity index (χ1) is 12.1. The third kappa shape index (κ3) is 15.9. The molecule has 0 N–H and O–H groups in total. The Hall–Kier alpha value is -1.32. The maximum Gasteiger partial charge on any atom is 0.306 e. The normalized spacial score (nSPS) is 11.2. The van der Waals surface area contributed by atoms with Gasteiger partial charge in [-0.2, -0.15) is 0 Å². The van der Waals surface area contributed by atoms with Gasteiger partial charge in [0.15, 0.2) is 0 Å². The van der Waals surface area contributed by atoms with Crippen LogP contribution in [0.4, 0.5) is 0 Å². The molecule has 0 heterocycles. The SMILES string of the molecule is CCCCCCCCC/C=C/COC(=O)CCC(=O)OC(CC)CC. The molecule has 0 fully saturated rings. The van der Waals surface area contributed by atoms with E-state index >= 15 is 0 Å². The van der Waals surface area contributed by atoms with Gasteiger partial charge in [-0.15, -0.1) is 0 Å². The maximum atomic E-state index is 11.6. The molecule has 0 spiro atoms. The Morgan fingerprint density at radius 2 is 1.40 bits per heavy atom. The molecule has 25 heavy (non-hydrogen) atoms. The standard InChI is InChI=1S/C21H38O4/c1-4-7-8-9-10-11-12-13-14-15-18-24-20(22)16-17-21(23)25-19(5-2)6-3/h14-15,19H,4-13,16-18H2,1-3H3/b15-14+. The first kappa shape index (κ1) is 23.7. The Kier molecular flexibility index (Phi) is 16.6. The number of hydrogen-bond donors (Lipinski definition) is 0. The third-order valence-corrected chi connectivity index (χ3v) is 4.22. The van der Waals surface area contributed by atoms with Gasteiger partial charge in [0.1, 0.15) is 12.7 Å². The molecule has 0 aromatic carbocycles. The van der Waals surface area contributed by atoms with Gasteiger partial charge in [0, 0.05) is 0 Å². The molecule has 4 heteroatoms. The minimum absolute atomic E-state index is 0.0434. The number of ether oxygens (including phenoxy) is 2. The largest absolute Gasteiger partial charge is 0.462 e. The Bertz CT molecular complexity index is 359. The minimum atomic E-state index is -0.345. The summed E-state index contributed by atoms with van der Waals surface area (Å²) in [4.78, 5) is 23.2. The van der Waals surface area contributed by atoms with Crippen molar-refractivity contribution in [1.29, 1.82) is 0 Å². The fourth-order valence-corrected chi connectivity index (χ4v) is 2.52. The van der Waals surface area contributed by atoms with Gasteiger partial charge in [0.2, 0.25) is 0 Å². The monoisotopic (exact) mass is 354 g/mol. The molecule has 0 aliphatic carbocycles. The van der Waals surface area contributed by atoms with Crippen molar-refractivity contribution in [1.82, 2.24) is 0 Å². The second-order valence-electron chi connectivity index (χ2n) is 6.49. The van der Waals surface area contributed by atoms with E-state index in [2.05, 4.69) is 13.0 Å². The highest BCUT2D eigenvalue weighted by Gasteiger charge is 2.12. The molecule has 0 atom stereocenters. The number of unbranched alkanes of at least 4 members (excludes halogenated alkanes) is 7. The molecular weight excluding hydrogens is 316 g/mol. The summed E-state index contributed by atoms with van der Waals surface area (Å²) in [5.41, 5.74) is 0. The Morgan fingerprint density at radius 3 is 2.04 bits per heavy atom. The van der Waals surface area contributed by atoms with Gasteiger partial charge in [-0.25, -0.2) is 0 Å². The lowest BCUT2D eigenvalue weighted by Crippen LogP contribution is -2.17. The molecule has 0 bridgehead atoms. The Morgan fingerprint density at radius 1 is 0.800 bits per heavy atom. The molecule has 0 radical (unpaired) electrons. The van der Waals surface area contributed by atoms with Crippen molar-refractivity contribution in [2.75, 3.05) is 6.61 Å². The molecule has 0 rings (SSSR count). The summed E-state index contributed by atoms with van der Waals surface area (Å²) < 4.78 is 10.3. The lowest BCUT2D eigenvalue weighted by molar-refractivity contribution is -0.153. The van der Waals surface area contributed by atoms with E-state index in [1.54, 1.807) is 0 Å². The highest BCUT2D eigenvalue weighted by Crippen LogP contribution is 2.09. The topological polar surface area (TPSA) is 52.6 Å². The summed E-state index contributed by atoms with van der Waals surface area (Å²) in [7, 11) is 0. The van der Waals surface area contributed by atoms with E-state index < -0.39 is 0 Å². The van der Waals surface area contributed by atoms with Crippen LogP contribution in [0.25, 0.3) is 0 Å². The van der Waals surface area contributed by atoms with E-state index in [-0.39, 0.29) is 37.5 Å². The first-order valence-corrected chi connectivity index (χ1v) is 10.1. The summed E-state index contributed by atoms with van der Waals surface area (Å²) in [5.74, 6) is -0.665. The third-order valence-electron chi connectivity index (χ3n) is 4.22. The molecule has 0 aliphatic rings. The Balaban J connectivity index is 3.52. The molecule has 0 aromatic heterocycles. The minimum Gasteiger partial charge on any atom is -0.462 e. The van der Waals surface area contributed by atoms with Gasteiger partial charge < -0.3 is 9.47 Å². The predicted octanol–water partition coefficient (Wildman–Crippen LogP) is 5.74. The van der Waals surface area contributed by atoms with Crippen LogP contribution < -0.4 is 0 Å². The van der Waals surface area contributed by atoms with Crippen molar-refractivity contribution in [3.8, 4) is 0 Å². The smallest absolute Gasteiger partial charge is 0.306 e. The highest BCUT2D eigenvalue weighted by molar-refractivity contribution is 5.77. The molecule has 0 aliphatic heterocycles. The highest BCUT2D eigenvalue weighted by atomic mass is 16.5. The van der Waals surface area contributed by atoms with Crippen molar-refractivity contribution >= 4 is 11.9 Å². The Labute approximate surface area is 154 Å². The average molecular weight is 355 g/mol. The van der Waals surface area contributed by atoms with Crippen LogP contribution >= 0.6 is 0 Å². The molecule has 0 saturated carbocycles. The van der Waals surface area contributed by atoms with E-state index in [0.717, 1.165) is 19.3 Å².